The molecule has 2 N–H and O–H groups in total. The van der Waals surface area contributed by atoms with Crippen molar-refractivity contribution in [2.24, 2.45) is 5.92 Å². The summed E-state index contributed by atoms with van der Waals surface area (Å²) < 4.78 is 5.41. The monoisotopic (exact) mass is 277 g/mol. The van der Waals surface area contributed by atoms with Gasteiger partial charge in [0.1, 0.15) is 5.75 Å². The maximum absolute atomic E-state index is 10.9. The van der Waals surface area contributed by atoms with Gasteiger partial charge in [-0.05, 0) is 50.3 Å². The quantitative estimate of drug-likeness (QED) is 0.839. The van der Waals surface area contributed by atoms with Gasteiger partial charge in [0.15, 0.2) is 0 Å². The van der Waals surface area contributed by atoms with Gasteiger partial charge in [0.25, 0.3) is 0 Å². The van der Waals surface area contributed by atoms with E-state index in [-0.39, 0.29) is 5.92 Å². The fourth-order valence-electron chi connectivity index (χ4n) is 2.68. The minimum Gasteiger partial charge on any atom is -0.494 e. The second-order valence-corrected chi connectivity index (χ2v) is 5.34. The van der Waals surface area contributed by atoms with Crippen molar-refractivity contribution in [2.75, 3.05) is 6.61 Å². The van der Waals surface area contributed by atoms with Gasteiger partial charge < -0.3 is 15.2 Å². The van der Waals surface area contributed by atoms with Gasteiger partial charge in [-0.3, -0.25) is 4.79 Å². The van der Waals surface area contributed by atoms with Crippen LogP contribution in [0.4, 0.5) is 0 Å². The molecule has 0 aromatic heterocycles. The van der Waals surface area contributed by atoms with Crippen molar-refractivity contribution in [1.82, 2.24) is 5.32 Å². The van der Waals surface area contributed by atoms with Crippen LogP contribution in [0, 0.1) is 5.92 Å². The highest BCUT2D eigenvalue weighted by molar-refractivity contribution is 5.70. The van der Waals surface area contributed by atoms with Gasteiger partial charge in [-0.15, -0.1) is 0 Å². The number of nitrogens with one attached hydrogen (secondary N) is 1. The third-order valence-electron chi connectivity index (χ3n) is 3.91. The summed E-state index contributed by atoms with van der Waals surface area (Å²) in [5, 5.41) is 12.5. The lowest BCUT2D eigenvalue weighted by Gasteiger charge is -2.27. The average molecular weight is 277 g/mol. The fourth-order valence-corrected chi connectivity index (χ4v) is 2.68. The number of carboxylic acid groups (broad SMARTS) is 1. The molecule has 0 bridgehead atoms. The summed E-state index contributed by atoms with van der Waals surface area (Å²) in [6.45, 7) is 3.49. The van der Waals surface area contributed by atoms with Crippen LogP contribution in [-0.2, 0) is 11.3 Å². The van der Waals surface area contributed by atoms with Gasteiger partial charge in [0.05, 0.1) is 12.5 Å². The highest BCUT2D eigenvalue weighted by Gasteiger charge is 2.25. The van der Waals surface area contributed by atoms with Gasteiger partial charge in [-0.1, -0.05) is 12.1 Å². The third kappa shape index (κ3) is 4.23. The fraction of sp³-hybridized carbons (Fsp3) is 0.562. The van der Waals surface area contributed by atoms with Crippen molar-refractivity contribution in [1.29, 1.82) is 0 Å². The average Bonchev–Trinajstić information content (AvgIpc) is 2.47. The van der Waals surface area contributed by atoms with Crippen molar-refractivity contribution in [3.63, 3.8) is 0 Å². The molecule has 1 saturated carbocycles. The van der Waals surface area contributed by atoms with E-state index in [1.54, 1.807) is 0 Å². The first-order valence-corrected chi connectivity index (χ1v) is 7.37. The number of carboxylic acids is 1. The normalized spacial score (nSPS) is 22.4. The van der Waals surface area contributed by atoms with E-state index < -0.39 is 5.97 Å². The maximum atomic E-state index is 10.9. The molecular weight excluding hydrogens is 254 g/mol. The van der Waals surface area contributed by atoms with E-state index in [4.69, 9.17) is 9.84 Å². The summed E-state index contributed by atoms with van der Waals surface area (Å²) in [5.41, 5.74) is 1.23. The van der Waals surface area contributed by atoms with Gasteiger partial charge >= 0.3 is 5.97 Å². The topological polar surface area (TPSA) is 58.6 Å². The lowest BCUT2D eigenvalue weighted by Crippen LogP contribution is -2.34. The van der Waals surface area contributed by atoms with Gasteiger partial charge in [0.2, 0.25) is 0 Å². The first kappa shape index (κ1) is 14.9. The molecule has 1 aromatic rings. The van der Waals surface area contributed by atoms with E-state index in [0.717, 1.165) is 38.0 Å². The molecule has 0 heterocycles. The molecule has 1 fully saturated rings. The van der Waals surface area contributed by atoms with E-state index in [0.29, 0.717) is 12.6 Å². The van der Waals surface area contributed by atoms with Crippen LogP contribution in [0.5, 0.6) is 5.75 Å². The van der Waals surface area contributed by atoms with Gasteiger partial charge in [-0.2, -0.15) is 0 Å². The molecule has 0 saturated heterocycles. The van der Waals surface area contributed by atoms with E-state index in [1.165, 1.54) is 5.56 Å². The van der Waals surface area contributed by atoms with Crippen LogP contribution in [0.1, 0.15) is 38.2 Å². The molecule has 0 spiro atoms. The van der Waals surface area contributed by atoms with Crippen LogP contribution in [0.25, 0.3) is 0 Å². The SMILES string of the molecule is CCOc1ccc(CNC2CCC(C(=O)O)CC2)cc1. The Hall–Kier alpha value is -1.55. The van der Waals surface area contributed by atoms with Crippen molar-refractivity contribution in [3.05, 3.63) is 29.8 Å². The van der Waals surface area contributed by atoms with Crippen LogP contribution < -0.4 is 10.1 Å². The Labute approximate surface area is 120 Å². The summed E-state index contributed by atoms with van der Waals surface area (Å²) in [6, 6.07) is 8.56. The van der Waals surface area contributed by atoms with Crippen LogP contribution in [-0.4, -0.2) is 23.7 Å². The second-order valence-electron chi connectivity index (χ2n) is 5.34. The Balaban J connectivity index is 1.74. The smallest absolute Gasteiger partial charge is 0.306 e. The maximum Gasteiger partial charge on any atom is 0.306 e. The van der Waals surface area contributed by atoms with Crippen molar-refractivity contribution < 1.29 is 14.6 Å². The Bertz CT molecular complexity index is 422. The second kappa shape index (κ2) is 7.29. The van der Waals surface area contributed by atoms with Gasteiger partial charge in [-0.25, -0.2) is 0 Å². The predicted molar refractivity (Wildman–Crippen MR) is 77.8 cm³/mol. The van der Waals surface area contributed by atoms with E-state index >= 15 is 0 Å². The predicted octanol–water partition coefficient (Wildman–Crippen LogP) is 2.82. The third-order valence-corrected chi connectivity index (χ3v) is 3.91. The number of carbonyl (C=O) groups is 1. The number of ether oxygens (including phenoxy) is 1. The first-order valence-electron chi connectivity index (χ1n) is 7.37. The van der Waals surface area contributed by atoms with Crippen LogP contribution in [0.3, 0.4) is 0 Å². The molecule has 0 amide bonds. The number of hydrogen-bond acceptors (Lipinski definition) is 3. The highest BCUT2D eigenvalue weighted by Crippen LogP contribution is 2.24. The zero-order valence-corrected chi connectivity index (χ0v) is 12.0. The molecule has 0 unspecified atom stereocenters. The van der Waals surface area contributed by atoms with Crippen molar-refractivity contribution in [3.8, 4) is 5.75 Å². The molecule has 2 rings (SSSR count). The molecule has 1 aliphatic carbocycles. The zero-order valence-electron chi connectivity index (χ0n) is 12.0. The minimum absolute atomic E-state index is 0.140. The Morgan fingerprint density at radius 2 is 1.90 bits per heavy atom. The zero-order chi connectivity index (χ0) is 14.4. The lowest BCUT2D eigenvalue weighted by molar-refractivity contribution is -0.142. The van der Waals surface area contributed by atoms with Crippen LogP contribution in [0.15, 0.2) is 24.3 Å². The summed E-state index contributed by atoms with van der Waals surface area (Å²) in [5.74, 6) is 0.117. The number of hydrogen-bond donors (Lipinski definition) is 2. The summed E-state index contributed by atoms with van der Waals surface area (Å²) in [6.07, 6.45) is 3.48. The largest absolute Gasteiger partial charge is 0.494 e. The van der Waals surface area contributed by atoms with Crippen molar-refractivity contribution in [2.45, 2.75) is 45.2 Å². The molecular formula is C16H23NO3. The van der Waals surface area contributed by atoms with E-state index in [1.807, 2.05) is 19.1 Å². The summed E-state index contributed by atoms with van der Waals surface area (Å²) >= 11 is 0. The Kier molecular flexibility index (Phi) is 5.41. The van der Waals surface area contributed by atoms with Crippen LogP contribution in [0.2, 0.25) is 0 Å². The van der Waals surface area contributed by atoms with Crippen molar-refractivity contribution >= 4 is 5.97 Å². The first-order chi connectivity index (χ1) is 9.69. The number of aliphatic carboxylic acids is 1. The van der Waals surface area contributed by atoms with E-state index in [2.05, 4.69) is 17.4 Å². The van der Waals surface area contributed by atoms with E-state index in [9.17, 15) is 4.79 Å². The minimum atomic E-state index is -0.644. The molecule has 0 aliphatic heterocycles. The van der Waals surface area contributed by atoms with Crippen LogP contribution >= 0.6 is 0 Å². The van der Waals surface area contributed by atoms with Gasteiger partial charge in [0, 0.05) is 12.6 Å². The summed E-state index contributed by atoms with van der Waals surface area (Å²) in [7, 11) is 0. The number of benzene rings is 1. The molecule has 0 atom stereocenters. The molecule has 1 aromatic carbocycles. The molecule has 20 heavy (non-hydrogen) atoms. The molecule has 4 nitrogen and oxygen atoms in total. The molecule has 4 heteroatoms. The standard InChI is InChI=1S/C16H23NO3/c1-2-20-15-9-3-12(4-10-15)11-17-14-7-5-13(6-8-14)16(18)19/h3-4,9-10,13-14,17H,2,5-8,11H2,1H3,(H,18,19). The Morgan fingerprint density at radius 1 is 1.25 bits per heavy atom. The Morgan fingerprint density at radius 3 is 2.45 bits per heavy atom. The summed E-state index contributed by atoms with van der Waals surface area (Å²) in [4.78, 5) is 10.9. The molecule has 110 valence electrons. The molecule has 1 aliphatic rings. The molecule has 0 radical (unpaired) electrons. The lowest BCUT2D eigenvalue weighted by atomic mass is 9.86. The highest BCUT2D eigenvalue weighted by atomic mass is 16.5. The number of rotatable bonds is 6.